The summed E-state index contributed by atoms with van der Waals surface area (Å²) in [6.07, 6.45) is 6.80. The second-order valence-corrected chi connectivity index (χ2v) is 8.09. The van der Waals surface area contributed by atoms with Crippen molar-refractivity contribution in [2.75, 3.05) is 25.4 Å². The Kier molecular flexibility index (Phi) is 5.72. The van der Waals surface area contributed by atoms with Crippen LogP contribution in [0.1, 0.15) is 19.8 Å². The van der Waals surface area contributed by atoms with Gasteiger partial charge >= 0.3 is 0 Å². The molecule has 3 heterocycles. The normalized spacial score (nSPS) is 24.4. The third-order valence-corrected chi connectivity index (χ3v) is 5.80. The number of hydrogen-bond acceptors (Lipinski definition) is 5. The Labute approximate surface area is 148 Å². The Morgan fingerprint density at radius 3 is 2.58 bits per heavy atom. The predicted molar refractivity (Wildman–Crippen MR) is 95.4 cm³/mol. The van der Waals surface area contributed by atoms with Crippen LogP contribution in [0.4, 0.5) is 0 Å². The first kappa shape index (κ1) is 19.0. The number of fused-ring (bicyclic) bond motifs is 1. The number of amides is 1. The highest BCUT2D eigenvalue weighted by Crippen LogP contribution is 2.23. The Morgan fingerprint density at radius 2 is 1.96 bits per heavy atom. The van der Waals surface area contributed by atoms with Crippen LogP contribution in [0.25, 0.3) is 0 Å². The fourth-order valence-corrected chi connectivity index (χ4v) is 4.11. The largest absolute Gasteiger partial charge is 0.339 e. The smallest absolute Gasteiger partial charge is 0.256 e. The van der Waals surface area contributed by atoms with Crippen LogP contribution in [0, 0.1) is 5.92 Å². The summed E-state index contributed by atoms with van der Waals surface area (Å²) in [6.45, 7) is 3.77. The summed E-state index contributed by atoms with van der Waals surface area (Å²) in [5.74, 6) is 0.809. The van der Waals surface area contributed by atoms with E-state index in [9.17, 15) is 13.2 Å². The van der Waals surface area contributed by atoms with Gasteiger partial charge in [-0.1, -0.05) is 0 Å². The first-order valence-electron chi connectivity index (χ1n) is 7.90. The van der Waals surface area contributed by atoms with E-state index in [4.69, 9.17) is 5.73 Å². The van der Waals surface area contributed by atoms with Crippen molar-refractivity contribution < 1.29 is 13.2 Å². The van der Waals surface area contributed by atoms with Gasteiger partial charge in [0, 0.05) is 31.9 Å². The number of piperidine rings is 1. The third kappa shape index (κ3) is 3.99. The molecule has 1 unspecified atom stereocenters. The van der Waals surface area contributed by atoms with Crippen LogP contribution >= 0.6 is 12.4 Å². The summed E-state index contributed by atoms with van der Waals surface area (Å²) in [7, 11) is -3.37. The van der Waals surface area contributed by atoms with Crippen LogP contribution in [-0.2, 0) is 14.8 Å². The van der Waals surface area contributed by atoms with Gasteiger partial charge in [-0.2, -0.15) is 0 Å². The van der Waals surface area contributed by atoms with Gasteiger partial charge in [-0.15, -0.1) is 16.8 Å². The number of nitrogens with zero attached hydrogens (tertiary/aromatic N) is 3. The molecule has 0 aromatic heterocycles. The molecule has 0 radical (unpaired) electrons. The number of halogens is 1. The summed E-state index contributed by atoms with van der Waals surface area (Å²) in [5, 5.41) is 0. The van der Waals surface area contributed by atoms with E-state index in [1.807, 2.05) is 11.8 Å². The summed E-state index contributed by atoms with van der Waals surface area (Å²) in [6, 6.07) is 0.162. The third-order valence-electron chi connectivity index (χ3n) is 4.64. The number of carbonyl (C=O) groups is 1. The first-order valence-corrected chi connectivity index (χ1v) is 9.51. The molecule has 1 amide bonds. The first-order chi connectivity index (χ1) is 10.9. The molecule has 1 fully saturated rings. The highest BCUT2D eigenvalue weighted by atomic mass is 35.5. The molecule has 1 saturated heterocycles. The zero-order chi connectivity index (χ0) is 16.6. The van der Waals surface area contributed by atoms with E-state index >= 15 is 0 Å². The molecular weight excluding hydrogens is 352 g/mol. The molecule has 0 saturated carbocycles. The fraction of sp³-hybridized carbons (Fsp3) is 0.600. The van der Waals surface area contributed by atoms with Crippen LogP contribution < -0.4 is 5.73 Å². The number of likely N-dealkylation sites (tertiary alicyclic amines) is 1. The zero-order valence-corrected chi connectivity index (χ0v) is 15.2. The van der Waals surface area contributed by atoms with E-state index in [2.05, 4.69) is 4.40 Å². The van der Waals surface area contributed by atoms with Crippen molar-refractivity contribution in [3.05, 3.63) is 23.9 Å². The van der Waals surface area contributed by atoms with E-state index in [1.54, 1.807) is 23.3 Å². The number of hydrogen-bond donors (Lipinski definition) is 1. The quantitative estimate of drug-likeness (QED) is 0.758. The monoisotopic (exact) mass is 374 g/mol. The van der Waals surface area contributed by atoms with Gasteiger partial charge in [0.25, 0.3) is 15.9 Å². The lowest BCUT2D eigenvalue weighted by molar-refractivity contribution is -0.128. The van der Waals surface area contributed by atoms with Crippen LogP contribution in [0.2, 0.25) is 0 Å². The van der Waals surface area contributed by atoms with E-state index in [0.29, 0.717) is 37.0 Å². The van der Waals surface area contributed by atoms with Gasteiger partial charge in [-0.3, -0.25) is 4.79 Å². The molecule has 24 heavy (non-hydrogen) atoms. The van der Waals surface area contributed by atoms with Crippen LogP contribution in [0.15, 0.2) is 28.3 Å². The highest BCUT2D eigenvalue weighted by Gasteiger charge is 2.29. The van der Waals surface area contributed by atoms with E-state index < -0.39 is 10.0 Å². The number of amidine groups is 1. The Balaban J connectivity index is 0.00000208. The van der Waals surface area contributed by atoms with Crippen molar-refractivity contribution in [2.24, 2.45) is 16.0 Å². The number of nitrogens with two attached hydrogens (primary N) is 1. The summed E-state index contributed by atoms with van der Waals surface area (Å²) >= 11 is 0. The van der Waals surface area contributed by atoms with Gasteiger partial charge in [0.2, 0.25) is 0 Å². The second-order valence-electron chi connectivity index (χ2n) is 6.34. The Hall–Kier alpha value is -1.38. The molecular formula is C15H23ClN4O3S. The molecule has 0 bridgehead atoms. The second kappa shape index (κ2) is 7.25. The van der Waals surface area contributed by atoms with E-state index in [-0.39, 0.29) is 30.1 Å². The summed E-state index contributed by atoms with van der Waals surface area (Å²) < 4.78 is 26.7. The molecule has 0 spiro atoms. The van der Waals surface area contributed by atoms with Crippen molar-refractivity contribution in [1.82, 2.24) is 9.80 Å². The molecule has 3 aliphatic rings. The molecule has 2 N–H and O–H groups in total. The van der Waals surface area contributed by atoms with Crippen molar-refractivity contribution in [3.63, 3.8) is 0 Å². The van der Waals surface area contributed by atoms with Gasteiger partial charge < -0.3 is 15.5 Å². The van der Waals surface area contributed by atoms with Crippen molar-refractivity contribution in [3.8, 4) is 0 Å². The molecule has 0 aromatic carbocycles. The summed E-state index contributed by atoms with van der Waals surface area (Å²) in [5.41, 5.74) is 6.50. The standard InChI is InChI=1S/C15H22N4O3S.ClH/c1-11(16)12-4-6-18(7-5-12)15(20)13-2-3-14-17-23(21,22)9-8-19(14)10-13;/h2-3,10-12H,4-9,16H2,1H3;1H. The van der Waals surface area contributed by atoms with Crippen LogP contribution in [0.5, 0.6) is 0 Å². The lowest BCUT2D eigenvalue weighted by atomic mass is 9.90. The maximum absolute atomic E-state index is 12.6. The van der Waals surface area contributed by atoms with E-state index in [1.165, 1.54) is 0 Å². The van der Waals surface area contributed by atoms with Gasteiger partial charge in [-0.05, 0) is 37.8 Å². The van der Waals surface area contributed by atoms with E-state index in [0.717, 1.165) is 12.8 Å². The molecule has 7 nitrogen and oxygen atoms in total. The minimum absolute atomic E-state index is 0. The average Bonchev–Trinajstić information content (AvgIpc) is 2.53. The minimum atomic E-state index is -3.37. The van der Waals surface area contributed by atoms with Gasteiger partial charge in [0.05, 0.1) is 11.3 Å². The molecule has 0 aromatic rings. The zero-order valence-electron chi connectivity index (χ0n) is 13.6. The number of carbonyl (C=O) groups excluding carboxylic acids is 1. The number of sulfonamides is 1. The Morgan fingerprint density at radius 1 is 1.29 bits per heavy atom. The molecule has 3 aliphatic heterocycles. The maximum atomic E-state index is 12.6. The van der Waals surface area contributed by atoms with Crippen molar-refractivity contribution >= 4 is 34.2 Å². The predicted octanol–water partition coefficient (Wildman–Crippen LogP) is 0.492. The van der Waals surface area contributed by atoms with Crippen LogP contribution in [-0.4, -0.2) is 61.4 Å². The maximum Gasteiger partial charge on any atom is 0.256 e. The highest BCUT2D eigenvalue weighted by molar-refractivity contribution is 7.90. The van der Waals surface area contributed by atoms with Crippen molar-refractivity contribution in [2.45, 2.75) is 25.8 Å². The topological polar surface area (TPSA) is 96.1 Å². The SMILES string of the molecule is CC(N)C1CCN(C(=O)C2=CN3CCS(=O)(=O)N=C3C=C2)CC1.Cl. The molecule has 1 atom stereocenters. The molecule has 9 heteroatoms. The molecule has 0 aliphatic carbocycles. The van der Waals surface area contributed by atoms with Gasteiger partial charge in [0.1, 0.15) is 5.84 Å². The van der Waals surface area contributed by atoms with Crippen LogP contribution in [0.3, 0.4) is 0 Å². The molecule has 3 rings (SSSR count). The van der Waals surface area contributed by atoms with Crippen molar-refractivity contribution in [1.29, 1.82) is 0 Å². The minimum Gasteiger partial charge on any atom is -0.339 e. The van der Waals surface area contributed by atoms with Gasteiger partial charge in [-0.25, -0.2) is 8.42 Å². The Bertz CT molecular complexity index is 692. The lowest BCUT2D eigenvalue weighted by Crippen LogP contribution is -2.44. The number of rotatable bonds is 2. The van der Waals surface area contributed by atoms with Gasteiger partial charge in [0.15, 0.2) is 0 Å². The molecule has 134 valence electrons. The average molecular weight is 375 g/mol. The summed E-state index contributed by atoms with van der Waals surface area (Å²) in [4.78, 5) is 16.2. The fourth-order valence-electron chi connectivity index (χ4n) is 3.14. The lowest BCUT2D eigenvalue weighted by Gasteiger charge is -2.35.